The van der Waals surface area contributed by atoms with Gasteiger partial charge in [-0.1, -0.05) is 20.8 Å². The number of hydrogen-bond acceptors (Lipinski definition) is 2. The van der Waals surface area contributed by atoms with Crippen molar-refractivity contribution in [3.63, 3.8) is 0 Å². The minimum Gasteiger partial charge on any atom is -0.316 e. The van der Waals surface area contributed by atoms with E-state index in [1.807, 2.05) is 0 Å². The summed E-state index contributed by atoms with van der Waals surface area (Å²) in [5, 5.41) is 3.52. The first-order valence-corrected chi connectivity index (χ1v) is 7.11. The third-order valence-electron chi connectivity index (χ3n) is 4.20. The number of nitrogens with one attached hydrogen (secondary N) is 1. The van der Waals surface area contributed by atoms with Crippen LogP contribution in [0.1, 0.15) is 40.0 Å². The van der Waals surface area contributed by atoms with Crippen LogP contribution in [-0.2, 0) is 0 Å². The highest BCUT2D eigenvalue weighted by molar-refractivity contribution is 4.88. The Bertz CT molecular complexity index is 211. The zero-order chi connectivity index (χ0) is 11.5. The van der Waals surface area contributed by atoms with Gasteiger partial charge in [0.2, 0.25) is 0 Å². The van der Waals surface area contributed by atoms with Crippen LogP contribution >= 0.6 is 0 Å². The summed E-state index contributed by atoms with van der Waals surface area (Å²) in [4.78, 5) is 2.77. The van der Waals surface area contributed by atoms with Crippen LogP contribution in [-0.4, -0.2) is 37.1 Å². The Morgan fingerprint density at radius 3 is 2.50 bits per heavy atom. The Labute approximate surface area is 101 Å². The third-order valence-corrected chi connectivity index (χ3v) is 4.20. The van der Waals surface area contributed by atoms with Gasteiger partial charge in [0.05, 0.1) is 0 Å². The molecule has 2 atom stereocenters. The maximum Gasteiger partial charge on any atom is 0.00965 e. The normalized spacial score (nSPS) is 30.6. The van der Waals surface area contributed by atoms with Gasteiger partial charge in [0.15, 0.2) is 0 Å². The Balaban J connectivity index is 1.77. The highest BCUT2D eigenvalue weighted by Crippen LogP contribution is 2.29. The summed E-state index contributed by atoms with van der Waals surface area (Å²) in [6.45, 7) is 12.2. The van der Waals surface area contributed by atoms with E-state index in [9.17, 15) is 0 Å². The first-order chi connectivity index (χ1) is 7.66. The van der Waals surface area contributed by atoms with Crippen LogP contribution in [0.2, 0.25) is 0 Å². The van der Waals surface area contributed by atoms with Crippen molar-refractivity contribution in [3.05, 3.63) is 0 Å². The molecule has 0 spiro atoms. The number of rotatable bonds is 6. The molecule has 1 saturated heterocycles. The van der Waals surface area contributed by atoms with Gasteiger partial charge in [-0.05, 0) is 56.7 Å². The van der Waals surface area contributed by atoms with Crippen molar-refractivity contribution < 1.29 is 0 Å². The molecule has 2 aliphatic rings. The predicted octanol–water partition coefficient (Wildman–Crippen LogP) is 2.35. The standard InChI is InChI=1S/C14H28N2/c1-11(2)6-7-16(14-4-5-14)10-13-9-15-8-12(13)3/h11-15H,4-10H2,1-3H3/t12-,13+/m1/s1. The zero-order valence-electron chi connectivity index (χ0n) is 11.2. The molecule has 2 rings (SSSR count). The summed E-state index contributed by atoms with van der Waals surface area (Å²) in [6.07, 6.45) is 4.27. The van der Waals surface area contributed by atoms with Crippen LogP contribution in [0.3, 0.4) is 0 Å². The molecule has 16 heavy (non-hydrogen) atoms. The summed E-state index contributed by atoms with van der Waals surface area (Å²) in [6, 6.07) is 0.937. The second-order valence-corrected chi connectivity index (χ2v) is 6.30. The van der Waals surface area contributed by atoms with Gasteiger partial charge >= 0.3 is 0 Å². The van der Waals surface area contributed by atoms with Crippen LogP contribution in [0.25, 0.3) is 0 Å². The number of nitrogens with zero attached hydrogens (tertiary/aromatic N) is 1. The molecule has 94 valence electrons. The molecule has 1 aliphatic carbocycles. The van der Waals surface area contributed by atoms with E-state index in [4.69, 9.17) is 0 Å². The average molecular weight is 224 g/mol. The van der Waals surface area contributed by atoms with Gasteiger partial charge in [0.25, 0.3) is 0 Å². The summed E-state index contributed by atoms with van der Waals surface area (Å²) < 4.78 is 0. The van der Waals surface area contributed by atoms with Gasteiger partial charge in [0.1, 0.15) is 0 Å². The molecular weight excluding hydrogens is 196 g/mol. The van der Waals surface area contributed by atoms with Crippen molar-refractivity contribution in [2.24, 2.45) is 17.8 Å². The van der Waals surface area contributed by atoms with Gasteiger partial charge in [-0.15, -0.1) is 0 Å². The smallest absolute Gasteiger partial charge is 0.00965 e. The van der Waals surface area contributed by atoms with Crippen molar-refractivity contribution in [1.82, 2.24) is 10.2 Å². The fraction of sp³-hybridized carbons (Fsp3) is 1.00. The SMILES string of the molecule is CC(C)CCN(C[C@@H]1CNC[C@H]1C)C1CC1. The Kier molecular flexibility index (Phi) is 4.26. The monoisotopic (exact) mass is 224 g/mol. The van der Waals surface area contributed by atoms with Crippen LogP contribution < -0.4 is 5.32 Å². The molecule has 1 saturated carbocycles. The van der Waals surface area contributed by atoms with E-state index in [-0.39, 0.29) is 0 Å². The van der Waals surface area contributed by atoms with Crippen LogP contribution in [0, 0.1) is 17.8 Å². The van der Waals surface area contributed by atoms with E-state index in [1.54, 1.807) is 0 Å². The minimum atomic E-state index is 0.848. The van der Waals surface area contributed by atoms with E-state index in [2.05, 4.69) is 31.0 Å². The van der Waals surface area contributed by atoms with E-state index in [1.165, 1.54) is 45.4 Å². The van der Waals surface area contributed by atoms with Gasteiger partial charge < -0.3 is 10.2 Å². The third kappa shape index (κ3) is 3.46. The van der Waals surface area contributed by atoms with E-state index in [0.717, 1.165) is 23.8 Å². The quantitative estimate of drug-likeness (QED) is 0.745. The van der Waals surface area contributed by atoms with Crippen molar-refractivity contribution in [1.29, 1.82) is 0 Å². The zero-order valence-corrected chi connectivity index (χ0v) is 11.2. The second kappa shape index (κ2) is 5.50. The molecule has 0 unspecified atom stereocenters. The first-order valence-electron chi connectivity index (χ1n) is 7.11. The lowest BCUT2D eigenvalue weighted by Gasteiger charge is -2.27. The molecular formula is C14H28N2. The fourth-order valence-electron chi connectivity index (χ4n) is 2.70. The number of hydrogen-bond donors (Lipinski definition) is 1. The highest BCUT2D eigenvalue weighted by atomic mass is 15.2. The van der Waals surface area contributed by atoms with Crippen molar-refractivity contribution in [2.45, 2.75) is 46.1 Å². The Morgan fingerprint density at radius 1 is 1.25 bits per heavy atom. The molecule has 2 fully saturated rings. The van der Waals surface area contributed by atoms with E-state index >= 15 is 0 Å². The Morgan fingerprint density at radius 2 is 2.00 bits per heavy atom. The van der Waals surface area contributed by atoms with Crippen LogP contribution in [0.15, 0.2) is 0 Å². The van der Waals surface area contributed by atoms with Crippen LogP contribution in [0.5, 0.6) is 0 Å². The van der Waals surface area contributed by atoms with Gasteiger partial charge in [-0.25, -0.2) is 0 Å². The molecule has 0 bridgehead atoms. The summed E-state index contributed by atoms with van der Waals surface area (Å²) >= 11 is 0. The second-order valence-electron chi connectivity index (χ2n) is 6.30. The highest BCUT2D eigenvalue weighted by Gasteiger charge is 2.32. The molecule has 0 amide bonds. The molecule has 0 aromatic rings. The molecule has 0 aromatic heterocycles. The van der Waals surface area contributed by atoms with Crippen molar-refractivity contribution >= 4 is 0 Å². The molecule has 1 N–H and O–H groups in total. The summed E-state index contributed by atoms with van der Waals surface area (Å²) in [5.74, 6) is 2.62. The molecule has 2 nitrogen and oxygen atoms in total. The van der Waals surface area contributed by atoms with E-state index < -0.39 is 0 Å². The van der Waals surface area contributed by atoms with Crippen molar-refractivity contribution in [2.75, 3.05) is 26.2 Å². The maximum atomic E-state index is 3.52. The Hall–Kier alpha value is -0.0800. The summed E-state index contributed by atoms with van der Waals surface area (Å²) in [7, 11) is 0. The topological polar surface area (TPSA) is 15.3 Å². The van der Waals surface area contributed by atoms with Crippen molar-refractivity contribution in [3.8, 4) is 0 Å². The lowest BCUT2D eigenvalue weighted by atomic mass is 9.97. The molecule has 0 radical (unpaired) electrons. The minimum absolute atomic E-state index is 0.848. The molecule has 1 heterocycles. The first kappa shape index (κ1) is 12.4. The van der Waals surface area contributed by atoms with Gasteiger partial charge in [-0.2, -0.15) is 0 Å². The van der Waals surface area contributed by atoms with Gasteiger partial charge in [0, 0.05) is 12.6 Å². The average Bonchev–Trinajstić information content (AvgIpc) is 2.99. The molecule has 2 heteroatoms. The maximum absolute atomic E-state index is 3.52. The summed E-state index contributed by atoms with van der Waals surface area (Å²) in [5.41, 5.74) is 0. The lowest BCUT2D eigenvalue weighted by Crippen LogP contribution is -2.35. The predicted molar refractivity (Wildman–Crippen MR) is 69.6 cm³/mol. The fourth-order valence-corrected chi connectivity index (χ4v) is 2.70. The molecule has 1 aliphatic heterocycles. The van der Waals surface area contributed by atoms with Gasteiger partial charge in [-0.3, -0.25) is 0 Å². The molecule has 0 aromatic carbocycles. The van der Waals surface area contributed by atoms with E-state index in [0.29, 0.717) is 0 Å². The van der Waals surface area contributed by atoms with Crippen LogP contribution in [0.4, 0.5) is 0 Å². The lowest BCUT2D eigenvalue weighted by molar-refractivity contribution is 0.199. The largest absolute Gasteiger partial charge is 0.316 e.